The topological polar surface area (TPSA) is 136 Å². The normalized spacial score (nSPS) is 10.3. The van der Waals surface area contributed by atoms with Gasteiger partial charge in [-0.05, 0) is 38.0 Å². The van der Waals surface area contributed by atoms with Gasteiger partial charge in [-0.2, -0.15) is 0 Å². The summed E-state index contributed by atoms with van der Waals surface area (Å²) in [6, 6.07) is 4.55. The third-order valence-electron chi connectivity index (χ3n) is 4.59. The molecule has 14 heteroatoms. The quantitative estimate of drug-likeness (QED) is 0.149. The average molecular weight is 584 g/mol. The van der Waals surface area contributed by atoms with Crippen molar-refractivity contribution in [3.8, 4) is 0 Å². The number of aromatic nitrogens is 4. The molecule has 0 atom stereocenters. The minimum atomic E-state index is -0.519. The van der Waals surface area contributed by atoms with Crippen molar-refractivity contribution in [3.05, 3.63) is 63.8 Å². The number of nitrogens with zero attached hydrogens (tertiary/aromatic N) is 4. The number of thioether (sulfide) groups is 2. The predicted octanol–water partition coefficient (Wildman–Crippen LogP) is 4.65. The molecule has 0 radical (unpaired) electrons. The molecule has 2 aromatic heterocycles. The van der Waals surface area contributed by atoms with E-state index in [9.17, 15) is 14.0 Å². The molecule has 10 nitrogen and oxygen atoms in total. The van der Waals surface area contributed by atoms with Crippen molar-refractivity contribution in [3.63, 3.8) is 0 Å². The summed E-state index contributed by atoms with van der Waals surface area (Å²) < 4.78 is 23.5. The van der Waals surface area contributed by atoms with Gasteiger partial charge in [0.15, 0.2) is 10.3 Å². The Labute approximate surface area is 233 Å². The van der Waals surface area contributed by atoms with Gasteiger partial charge in [0.25, 0.3) is 0 Å². The van der Waals surface area contributed by atoms with Crippen molar-refractivity contribution in [2.75, 3.05) is 31.0 Å². The van der Waals surface area contributed by atoms with Crippen LogP contribution >= 0.6 is 35.1 Å². The van der Waals surface area contributed by atoms with Crippen molar-refractivity contribution in [2.45, 2.75) is 37.3 Å². The first-order valence-electron chi connectivity index (χ1n) is 11.2. The Morgan fingerprint density at radius 2 is 1.58 bits per heavy atom. The van der Waals surface area contributed by atoms with E-state index >= 15 is 0 Å². The maximum atomic E-state index is 13.7. The van der Waals surface area contributed by atoms with Crippen molar-refractivity contribution < 1.29 is 28.6 Å². The van der Waals surface area contributed by atoms with Gasteiger partial charge in [-0.15, -0.1) is 0 Å². The minimum absolute atomic E-state index is 0.128. The second kappa shape index (κ2) is 16.1. The van der Waals surface area contributed by atoms with Gasteiger partial charge in [-0.3, -0.25) is 0 Å². The molecular weight excluding hydrogens is 557 g/mol. The van der Waals surface area contributed by atoms with E-state index in [0.717, 1.165) is 0 Å². The summed E-state index contributed by atoms with van der Waals surface area (Å²) in [7, 11) is 0. The zero-order valence-electron chi connectivity index (χ0n) is 21.2. The van der Waals surface area contributed by atoms with E-state index in [1.165, 1.54) is 48.1 Å². The van der Waals surface area contributed by atoms with Crippen molar-refractivity contribution in [2.24, 2.45) is 0 Å². The van der Waals surface area contributed by atoms with Crippen molar-refractivity contribution >= 4 is 52.9 Å². The zero-order valence-corrected chi connectivity index (χ0v) is 23.5. The SMILES string of the molecule is CCOC(=O)c1cnc(SC)nc1Cl.CCOC(=O)c1cnc(SC)nc1NCc1ccc(CO)c(F)c1. The van der Waals surface area contributed by atoms with Crippen LogP contribution in [0.5, 0.6) is 0 Å². The van der Waals surface area contributed by atoms with E-state index in [1.54, 1.807) is 19.9 Å². The van der Waals surface area contributed by atoms with Crippen LogP contribution in [0.1, 0.15) is 45.7 Å². The maximum absolute atomic E-state index is 13.7. The van der Waals surface area contributed by atoms with Crippen LogP contribution < -0.4 is 5.32 Å². The molecule has 3 rings (SSSR count). The van der Waals surface area contributed by atoms with Gasteiger partial charge >= 0.3 is 11.9 Å². The number of esters is 2. The number of carbonyl (C=O) groups is 2. The molecular formula is C24H27ClFN5O5S2. The summed E-state index contributed by atoms with van der Waals surface area (Å²) in [5, 5.41) is 13.2. The standard InChI is InChI=1S/C16H18FN3O3S.C8H9ClN2O2S/c1-3-23-15(22)12-8-19-16(24-2)20-14(12)18-7-10-4-5-11(9-21)13(17)6-10;1-3-13-7(12)5-4-10-8(14-2)11-6(5)9/h4-6,8,21H,3,7,9H2,1-2H3,(H,18,19,20);4H,3H2,1-2H3. The van der Waals surface area contributed by atoms with Crippen LogP contribution in [-0.4, -0.2) is 62.7 Å². The number of hydrogen-bond acceptors (Lipinski definition) is 12. The lowest BCUT2D eigenvalue weighted by Gasteiger charge is -2.11. The summed E-state index contributed by atoms with van der Waals surface area (Å²) >= 11 is 8.48. The number of aliphatic hydroxyl groups excluding tert-OH is 1. The second-order valence-electron chi connectivity index (χ2n) is 7.06. The summed E-state index contributed by atoms with van der Waals surface area (Å²) in [4.78, 5) is 39.4. The lowest BCUT2D eigenvalue weighted by atomic mass is 10.1. The first-order chi connectivity index (χ1) is 18.3. The molecule has 0 spiro atoms. The smallest absolute Gasteiger partial charge is 0.343 e. The third-order valence-corrected chi connectivity index (χ3v) is 6.00. The molecule has 0 aliphatic heterocycles. The van der Waals surface area contributed by atoms with Gasteiger partial charge in [0.05, 0.1) is 19.8 Å². The molecule has 3 aromatic rings. The molecule has 0 saturated carbocycles. The fourth-order valence-electron chi connectivity index (χ4n) is 2.76. The van der Waals surface area contributed by atoms with E-state index in [4.69, 9.17) is 26.2 Å². The van der Waals surface area contributed by atoms with Crippen LogP contribution in [0, 0.1) is 5.82 Å². The number of ether oxygens (including phenoxy) is 2. The Kier molecular flexibility index (Phi) is 13.2. The maximum Gasteiger partial charge on any atom is 0.343 e. The molecule has 2 N–H and O–H groups in total. The lowest BCUT2D eigenvalue weighted by molar-refractivity contribution is 0.0516. The third kappa shape index (κ3) is 9.08. The largest absolute Gasteiger partial charge is 0.462 e. The highest BCUT2D eigenvalue weighted by molar-refractivity contribution is 7.98. The Morgan fingerprint density at radius 1 is 1.00 bits per heavy atom. The molecule has 0 bridgehead atoms. The molecule has 2 heterocycles. The summed E-state index contributed by atoms with van der Waals surface area (Å²) in [5.74, 6) is -1.16. The Bertz CT molecular complexity index is 1250. The van der Waals surface area contributed by atoms with Crippen LogP contribution in [0.25, 0.3) is 0 Å². The molecule has 204 valence electrons. The molecule has 0 saturated heterocycles. The average Bonchev–Trinajstić information content (AvgIpc) is 2.92. The van der Waals surface area contributed by atoms with Gasteiger partial charge in [0.1, 0.15) is 27.9 Å². The highest BCUT2D eigenvalue weighted by atomic mass is 35.5. The Morgan fingerprint density at radius 3 is 2.11 bits per heavy atom. The van der Waals surface area contributed by atoms with E-state index in [1.807, 2.05) is 12.5 Å². The summed E-state index contributed by atoms with van der Waals surface area (Å²) in [6.45, 7) is 3.90. The monoisotopic (exact) mass is 583 g/mol. The van der Waals surface area contributed by atoms with Crippen molar-refractivity contribution in [1.29, 1.82) is 0 Å². The first-order valence-corrected chi connectivity index (χ1v) is 14.0. The summed E-state index contributed by atoms with van der Waals surface area (Å²) in [5.41, 5.74) is 1.31. The van der Waals surface area contributed by atoms with E-state index in [2.05, 4.69) is 25.3 Å². The molecule has 0 unspecified atom stereocenters. The van der Waals surface area contributed by atoms with E-state index < -0.39 is 17.8 Å². The Balaban J connectivity index is 0.000000308. The van der Waals surface area contributed by atoms with Crippen molar-refractivity contribution in [1.82, 2.24) is 19.9 Å². The van der Waals surface area contributed by atoms with Gasteiger partial charge in [0.2, 0.25) is 0 Å². The fraction of sp³-hybridized carbons (Fsp3) is 0.333. The number of aliphatic hydroxyl groups is 1. The number of halogens is 2. The fourth-order valence-corrected chi connectivity index (χ4v) is 3.70. The van der Waals surface area contributed by atoms with Gasteiger partial charge < -0.3 is 19.9 Å². The van der Waals surface area contributed by atoms with Crippen LogP contribution in [-0.2, 0) is 22.6 Å². The van der Waals surface area contributed by atoms with Crippen LogP contribution in [0.3, 0.4) is 0 Å². The molecule has 1 aromatic carbocycles. The lowest BCUT2D eigenvalue weighted by Crippen LogP contribution is -2.13. The number of nitrogens with one attached hydrogen (secondary N) is 1. The highest BCUT2D eigenvalue weighted by Crippen LogP contribution is 2.20. The molecule has 0 fully saturated rings. The molecule has 0 amide bonds. The number of rotatable bonds is 10. The molecule has 0 aliphatic rings. The predicted molar refractivity (Wildman–Crippen MR) is 144 cm³/mol. The Hall–Kier alpha value is -3.00. The highest BCUT2D eigenvalue weighted by Gasteiger charge is 2.16. The van der Waals surface area contributed by atoms with Gasteiger partial charge in [0, 0.05) is 24.5 Å². The van der Waals surface area contributed by atoms with Gasteiger partial charge in [-0.1, -0.05) is 47.3 Å². The van der Waals surface area contributed by atoms with E-state index in [-0.39, 0.29) is 41.6 Å². The van der Waals surface area contributed by atoms with Crippen LogP contribution in [0.15, 0.2) is 40.9 Å². The zero-order chi connectivity index (χ0) is 28.1. The number of carbonyl (C=O) groups excluding carboxylic acids is 2. The minimum Gasteiger partial charge on any atom is -0.462 e. The first kappa shape index (κ1) is 31.2. The summed E-state index contributed by atoms with van der Waals surface area (Å²) in [6.07, 6.45) is 6.44. The van der Waals surface area contributed by atoms with Crippen LogP contribution in [0.2, 0.25) is 5.15 Å². The number of anilines is 1. The molecule has 38 heavy (non-hydrogen) atoms. The second-order valence-corrected chi connectivity index (χ2v) is 8.96. The van der Waals surface area contributed by atoms with E-state index in [0.29, 0.717) is 28.3 Å². The van der Waals surface area contributed by atoms with Gasteiger partial charge in [-0.25, -0.2) is 33.9 Å². The molecule has 0 aliphatic carbocycles. The van der Waals surface area contributed by atoms with Crippen LogP contribution in [0.4, 0.5) is 10.2 Å². The number of benzene rings is 1. The number of hydrogen-bond donors (Lipinski definition) is 2.